The molecule has 0 saturated carbocycles. The van der Waals surface area contributed by atoms with Gasteiger partial charge in [0.1, 0.15) is 34.8 Å². The molecule has 2 aliphatic heterocycles. The number of nitrogens with two attached hydrogens (primary N) is 1. The summed E-state index contributed by atoms with van der Waals surface area (Å²) in [6.07, 6.45) is -2.47. The van der Waals surface area contributed by atoms with Crippen LogP contribution >= 0.6 is 0 Å². The third-order valence-corrected chi connectivity index (χ3v) is 7.10. The topological polar surface area (TPSA) is 116 Å². The fourth-order valence-corrected chi connectivity index (χ4v) is 5.00. The first-order valence-corrected chi connectivity index (χ1v) is 14.5. The molecule has 0 amide bonds. The van der Waals surface area contributed by atoms with Gasteiger partial charge < -0.3 is 30.6 Å². The van der Waals surface area contributed by atoms with Crippen LogP contribution < -0.4 is 25.8 Å². The standard InChI is InChI=1S/C27H31F5N6O3.C2H6/c1-13-6-7-34-8-9-35-24-18-23(37-26(38-24)40-12-15-5-3-4-10-39-15)21(29)22(36-25(18)41-13)16-11-17(33)20(28)14(2)19(16)27(30,31)32;1-2/h11,13,15,34H,3-10,12,33H2,1-2H3,(H,35,37,38);1-2H3. The average Bonchev–Trinajstić information content (AvgIpc) is 3.01. The molecule has 9 nitrogen and oxygen atoms in total. The molecule has 2 aromatic heterocycles. The van der Waals surface area contributed by atoms with Gasteiger partial charge in [0.05, 0.1) is 23.5 Å². The van der Waals surface area contributed by atoms with Gasteiger partial charge in [-0.2, -0.15) is 23.1 Å². The fourth-order valence-electron chi connectivity index (χ4n) is 5.00. The van der Waals surface area contributed by atoms with Crippen molar-refractivity contribution < 1.29 is 36.2 Å². The highest BCUT2D eigenvalue weighted by atomic mass is 19.4. The number of anilines is 2. The molecule has 1 fully saturated rings. The van der Waals surface area contributed by atoms with Crippen molar-refractivity contribution in [2.75, 3.05) is 43.9 Å². The first-order valence-electron chi connectivity index (χ1n) is 14.5. The lowest BCUT2D eigenvalue weighted by Gasteiger charge is -2.23. The first-order chi connectivity index (χ1) is 20.5. The van der Waals surface area contributed by atoms with Crippen molar-refractivity contribution >= 4 is 22.4 Å². The number of benzene rings is 1. The molecule has 0 radical (unpaired) electrons. The number of aromatic nitrogens is 3. The molecule has 0 bridgehead atoms. The third kappa shape index (κ3) is 7.18. The van der Waals surface area contributed by atoms with Gasteiger partial charge in [-0.3, -0.25) is 0 Å². The van der Waals surface area contributed by atoms with E-state index in [0.29, 0.717) is 32.7 Å². The van der Waals surface area contributed by atoms with Crippen LogP contribution in [0.4, 0.5) is 33.5 Å². The van der Waals surface area contributed by atoms with E-state index in [4.69, 9.17) is 19.9 Å². The highest BCUT2D eigenvalue weighted by Gasteiger charge is 2.39. The lowest BCUT2D eigenvalue weighted by atomic mass is 9.96. The van der Waals surface area contributed by atoms with Crippen molar-refractivity contribution in [3.8, 4) is 23.1 Å². The largest absolute Gasteiger partial charge is 0.474 e. The second kappa shape index (κ2) is 13.8. The fraction of sp³-hybridized carbons (Fsp3) is 0.552. The van der Waals surface area contributed by atoms with Crippen molar-refractivity contribution in [2.24, 2.45) is 0 Å². The SMILES string of the molecule is CC.Cc1c(F)c(N)cc(-c2nc3c4c(nc(OCC5CCCCO5)nc4c2F)NCCNCCC(C)O3)c1C(F)(F)F. The summed E-state index contributed by atoms with van der Waals surface area (Å²) in [5.74, 6) is -2.46. The van der Waals surface area contributed by atoms with Crippen molar-refractivity contribution in [1.29, 1.82) is 0 Å². The molecule has 1 saturated heterocycles. The molecule has 236 valence electrons. The van der Waals surface area contributed by atoms with Crippen molar-refractivity contribution in [2.45, 2.75) is 71.8 Å². The van der Waals surface area contributed by atoms with Crippen LogP contribution in [0.3, 0.4) is 0 Å². The van der Waals surface area contributed by atoms with Gasteiger partial charge in [-0.15, -0.1) is 0 Å². The van der Waals surface area contributed by atoms with E-state index in [0.717, 1.165) is 32.3 Å². The van der Waals surface area contributed by atoms with Crippen LogP contribution in [0.15, 0.2) is 6.07 Å². The number of nitrogens with zero attached hydrogens (tertiary/aromatic N) is 3. The number of alkyl halides is 3. The van der Waals surface area contributed by atoms with Crippen LogP contribution in [-0.2, 0) is 10.9 Å². The Bertz CT molecular complexity index is 1430. The van der Waals surface area contributed by atoms with E-state index in [1.165, 1.54) is 0 Å². The first kappa shape index (κ1) is 32.4. The van der Waals surface area contributed by atoms with E-state index in [1.807, 2.05) is 13.8 Å². The van der Waals surface area contributed by atoms with Crippen LogP contribution in [0.25, 0.3) is 22.2 Å². The molecule has 43 heavy (non-hydrogen) atoms. The van der Waals surface area contributed by atoms with Gasteiger partial charge in [0.2, 0.25) is 5.88 Å². The van der Waals surface area contributed by atoms with Crippen LogP contribution in [0.5, 0.6) is 11.9 Å². The monoisotopic (exact) mass is 612 g/mol. The van der Waals surface area contributed by atoms with Crippen LogP contribution in [0.1, 0.15) is 57.6 Å². The highest BCUT2D eigenvalue weighted by molar-refractivity contribution is 5.96. The number of halogens is 5. The maximum absolute atomic E-state index is 16.3. The van der Waals surface area contributed by atoms with E-state index in [-0.39, 0.29) is 41.3 Å². The van der Waals surface area contributed by atoms with Gasteiger partial charge in [0, 0.05) is 25.3 Å². The molecule has 2 unspecified atom stereocenters. The Balaban J connectivity index is 0.00000207. The van der Waals surface area contributed by atoms with E-state index in [9.17, 15) is 17.6 Å². The van der Waals surface area contributed by atoms with Crippen LogP contribution in [-0.4, -0.2) is 60.0 Å². The Labute approximate surface area is 246 Å². The minimum Gasteiger partial charge on any atom is -0.474 e. The van der Waals surface area contributed by atoms with E-state index in [1.54, 1.807) is 6.92 Å². The molecule has 3 aromatic rings. The zero-order valence-electron chi connectivity index (χ0n) is 24.6. The average molecular weight is 613 g/mol. The maximum Gasteiger partial charge on any atom is 0.417 e. The van der Waals surface area contributed by atoms with Crippen LogP contribution in [0, 0.1) is 18.6 Å². The number of ether oxygens (including phenoxy) is 3. The van der Waals surface area contributed by atoms with Crippen molar-refractivity contribution in [3.05, 3.63) is 28.8 Å². The quantitative estimate of drug-likeness (QED) is 0.240. The number of nitrogens with one attached hydrogen (secondary N) is 2. The molecule has 1 aromatic carbocycles. The van der Waals surface area contributed by atoms with Gasteiger partial charge >= 0.3 is 12.2 Å². The number of hydrogen-bond acceptors (Lipinski definition) is 9. The van der Waals surface area contributed by atoms with E-state index >= 15 is 4.39 Å². The maximum atomic E-state index is 16.3. The van der Waals surface area contributed by atoms with Crippen LogP contribution in [0.2, 0.25) is 0 Å². The summed E-state index contributed by atoms with van der Waals surface area (Å²) in [5, 5.41) is 6.39. The highest BCUT2D eigenvalue weighted by Crippen LogP contribution is 2.44. The molecular weight excluding hydrogens is 575 g/mol. The molecule has 2 aliphatic rings. The smallest absolute Gasteiger partial charge is 0.417 e. The summed E-state index contributed by atoms with van der Waals surface area (Å²) in [6.45, 7) is 8.92. The van der Waals surface area contributed by atoms with Crippen molar-refractivity contribution in [1.82, 2.24) is 20.3 Å². The van der Waals surface area contributed by atoms with E-state index < -0.39 is 52.0 Å². The van der Waals surface area contributed by atoms with E-state index in [2.05, 4.69) is 25.6 Å². The Morgan fingerprint density at radius 2 is 1.81 bits per heavy atom. The van der Waals surface area contributed by atoms with Gasteiger partial charge in [-0.25, -0.2) is 13.8 Å². The number of hydrogen-bond donors (Lipinski definition) is 3. The molecular formula is C29H37F5N6O3. The zero-order chi connectivity index (χ0) is 31.3. The Morgan fingerprint density at radius 1 is 1.05 bits per heavy atom. The minimum absolute atomic E-state index is 0.0432. The minimum atomic E-state index is -5.04. The number of pyridine rings is 1. The second-order valence-corrected chi connectivity index (χ2v) is 10.2. The second-order valence-electron chi connectivity index (χ2n) is 10.2. The summed E-state index contributed by atoms with van der Waals surface area (Å²) in [4.78, 5) is 12.9. The summed E-state index contributed by atoms with van der Waals surface area (Å²) in [7, 11) is 0. The third-order valence-electron chi connectivity index (χ3n) is 7.10. The molecule has 14 heteroatoms. The molecule has 2 atom stereocenters. The van der Waals surface area contributed by atoms with Gasteiger partial charge in [-0.05, 0) is 57.7 Å². The molecule has 0 spiro atoms. The normalized spacial score (nSPS) is 19.4. The molecule has 4 heterocycles. The molecule has 5 rings (SSSR count). The lowest BCUT2D eigenvalue weighted by molar-refractivity contribution is -0.137. The van der Waals surface area contributed by atoms with Crippen molar-refractivity contribution in [3.63, 3.8) is 0 Å². The molecule has 0 aliphatic carbocycles. The summed E-state index contributed by atoms with van der Waals surface area (Å²) in [6, 6.07) is 0.532. The number of nitrogen functional groups attached to an aromatic ring is 1. The van der Waals surface area contributed by atoms with Gasteiger partial charge in [0.15, 0.2) is 5.82 Å². The summed E-state index contributed by atoms with van der Waals surface area (Å²) < 4.78 is 91.0. The van der Waals surface area contributed by atoms with Gasteiger partial charge in [0.25, 0.3) is 0 Å². The number of rotatable bonds is 4. The Kier molecular flexibility index (Phi) is 10.4. The Morgan fingerprint density at radius 3 is 2.51 bits per heavy atom. The predicted molar refractivity (Wildman–Crippen MR) is 153 cm³/mol. The Hall–Kier alpha value is -3.52. The predicted octanol–water partition coefficient (Wildman–Crippen LogP) is 6.03. The summed E-state index contributed by atoms with van der Waals surface area (Å²) in [5.41, 5.74) is 1.11. The lowest BCUT2D eigenvalue weighted by Crippen LogP contribution is -2.26. The van der Waals surface area contributed by atoms with Gasteiger partial charge in [-0.1, -0.05) is 13.8 Å². The zero-order valence-corrected chi connectivity index (χ0v) is 24.6. The summed E-state index contributed by atoms with van der Waals surface area (Å²) >= 11 is 0. The molecule has 4 N–H and O–H groups in total.